The SMILES string of the molecule is O=C(N[C@H]1CCOc2ccccc21)c1cnn2c(-c3cc(Cl)cc(Cl)c3)c(C(F)(F)F)nc2c1N1CCOCC1. The number of imidazole rings is 1. The maximum Gasteiger partial charge on any atom is 0.435 e. The molecule has 0 saturated carbocycles. The van der Waals surface area contributed by atoms with Gasteiger partial charge < -0.3 is 19.7 Å². The van der Waals surface area contributed by atoms with Gasteiger partial charge in [-0.2, -0.15) is 18.3 Å². The maximum atomic E-state index is 14.4. The van der Waals surface area contributed by atoms with Crippen LogP contribution in [0.15, 0.2) is 48.7 Å². The van der Waals surface area contributed by atoms with E-state index in [0.717, 1.165) is 10.1 Å². The van der Waals surface area contributed by atoms with Crippen molar-refractivity contribution in [3.8, 4) is 17.0 Å². The zero-order chi connectivity index (χ0) is 28.0. The Bertz CT molecular complexity index is 1580. The minimum Gasteiger partial charge on any atom is -0.493 e. The second-order valence-electron chi connectivity index (χ2n) is 9.41. The lowest BCUT2D eigenvalue weighted by Gasteiger charge is -2.31. The quantitative estimate of drug-likeness (QED) is 0.322. The second kappa shape index (κ2) is 10.5. The largest absolute Gasteiger partial charge is 0.493 e. The number of benzene rings is 2. The van der Waals surface area contributed by atoms with E-state index in [9.17, 15) is 18.0 Å². The summed E-state index contributed by atoms with van der Waals surface area (Å²) in [5.74, 6) is 0.191. The highest BCUT2D eigenvalue weighted by Crippen LogP contribution is 2.41. The molecule has 40 heavy (non-hydrogen) atoms. The first-order valence-electron chi connectivity index (χ1n) is 12.5. The van der Waals surface area contributed by atoms with Crippen LogP contribution in [0.3, 0.4) is 0 Å². The molecule has 1 fully saturated rings. The third kappa shape index (κ3) is 4.93. The fraction of sp³-hybridized carbons (Fsp3) is 0.296. The molecule has 4 aromatic rings. The van der Waals surface area contributed by atoms with Gasteiger partial charge in [0, 0.05) is 40.7 Å². The molecule has 1 N–H and O–H groups in total. The van der Waals surface area contributed by atoms with Crippen LogP contribution in [0.25, 0.3) is 16.9 Å². The molecule has 0 aliphatic carbocycles. The molecule has 0 radical (unpaired) electrons. The second-order valence-corrected chi connectivity index (χ2v) is 10.3. The Balaban J connectivity index is 1.52. The molecule has 2 aromatic carbocycles. The third-order valence-corrected chi connectivity index (χ3v) is 7.30. The first-order valence-corrected chi connectivity index (χ1v) is 13.3. The summed E-state index contributed by atoms with van der Waals surface area (Å²) in [5, 5.41) is 7.63. The average Bonchev–Trinajstić information content (AvgIpc) is 3.33. The van der Waals surface area contributed by atoms with Crippen molar-refractivity contribution >= 4 is 40.4 Å². The van der Waals surface area contributed by atoms with Crippen molar-refractivity contribution < 1.29 is 27.4 Å². The molecule has 0 bridgehead atoms. The summed E-state index contributed by atoms with van der Waals surface area (Å²) in [6.45, 7) is 1.80. The number of carbonyl (C=O) groups is 1. The number of aromatic nitrogens is 3. The summed E-state index contributed by atoms with van der Waals surface area (Å²) >= 11 is 12.3. The van der Waals surface area contributed by atoms with Gasteiger partial charge in [0.25, 0.3) is 5.91 Å². The van der Waals surface area contributed by atoms with Crippen molar-refractivity contribution in [2.45, 2.75) is 18.6 Å². The van der Waals surface area contributed by atoms with Gasteiger partial charge in [0.2, 0.25) is 0 Å². The molecule has 2 aliphatic rings. The molecular weight excluding hydrogens is 570 g/mol. The number of fused-ring (bicyclic) bond motifs is 2. The van der Waals surface area contributed by atoms with E-state index < -0.39 is 17.8 Å². The number of carbonyl (C=O) groups excluding carboxylic acids is 1. The van der Waals surface area contributed by atoms with E-state index in [1.165, 1.54) is 24.4 Å². The van der Waals surface area contributed by atoms with E-state index in [4.69, 9.17) is 32.7 Å². The van der Waals surface area contributed by atoms with Gasteiger partial charge in [-0.3, -0.25) is 4.79 Å². The molecule has 1 saturated heterocycles. The number of alkyl halides is 3. The predicted octanol–water partition coefficient (Wildman–Crippen LogP) is 5.81. The Morgan fingerprint density at radius 1 is 1.05 bits per heavy atom. The van der Waals surface area contributed by atoms with Crippen LogP contribution in [0.1, 0.15) is 34.1 Å². The number of rotatable bonds is 4. The van der Waals surface area contributed by atoms with E-state index in [1.807, 2.05) is 24.3 Å². The first kappa shape index (κ1) is 26.7. The summed E-state index contributed by atoms with van der Waals surface area (Å²) in [7, 11) is 0. The van der Waals surface area contributed by atoms with Crippen LogP contribution in [0, 0.1) is 0 Å². The van der Waals surface area contributed by atoms with Crippen molar-refractivity contribution in [3.05, 3.63) is 75.5 Å². The lowest BCUT2D eigenvalue weighted by atomic mass is 10.00. The molecule has 8 nitrogen and oxygen atoms in total. The van der Waals surface area contributed by atoms with E-state index in [2.05, 4.69) is 15.4 Å². The van der Waals surface area contributed by atoms with Crippen molar-refractivity contribution in [1.82, 2.24) is 19.9 Å². The number of nitrogens with one attached hydrogen (secondary N) is 1. The summed E-state index contributed by atoms with van der Waals surface area (Å²) < 4.78 is 55.3. The zero-order valence-electron chi connectivity index (χ0n) is 20.8. The van der Waals surface area contributed by atoms with Gasteiger partial charge in [-0.1, -0.05) is 41.4 Å². The molecule has 2 aromatic heterocycles. The van der Waals surface area contributed by atoms with Gasteiger partial charge >= 0.3 is 6.18 Å². The number of anilines is 1. The molecule has 2 aliphatic heterocycles. The highest BCUT2D eigenvalue weighted by molar-refractivity contribution is 6.35. The van der Waals surface area contributed by atoms with E-state index in [-0.39, 0.29) is 44.2 Å². The summed E-state index contributed by atoms with van der Waals surface area (Å²) in [6, 6.07) is 11.2. The van der Waals surface area contributed by atoms with Crippen LogP contribution in [0.5, 0.6) is 5.75 Å². The third-order valence-electron chi connectivity index (χ3n) is 6.86. The predicted molar refractivity (Wildman–Crippen MR) is 143 cm³/mol. The molecule has 13 heteroatoms. The summed E-state index contributed by atoms with van der Waals surface area (Å²) in [6.07, 6.45) is -3.02. The molecule has 1 amide bonds. The Morgan fingerprint density at radius 3 is 2.50 bits per heavy atom. The number of amides is 1. The fourth-order valence-corrected chi connectivity index (χ4v) is 5.64. The van der Waals surface area contributed by atoms with Gasteiger partial charge in [-0.15, -0.1) is 0 Å². The van der Waals surface area contributed by atoms with Crippen LogP contribution < -0.4 is 15.0 Å². The first-order chi connectivity index (χ1) is 19.2. The summed E-state index contributed by atoms with van der Waals surface area (Å²) in [4.78, 5) is 19.6. The van der Waals surface area contributed by atoms with Gasteiger partial charge in [-0.25, -0.2) is 9.50 Å². The molecule has 0 unspecified atom stereocenters. The van der Waals surface area contributed by atoms with Crippen LogP contribution in [-0.4, -0.2) is 53.4 Å². The van der Waals surface area contributed by atoms with Gasteiger partial charge in [0.1, 0.15) is 11.4 Å². The molecule has 1 atom stereocenters. The number of hydrogen-bond donors (Lipinski definition) is 1. The van der Waals surface area contributed by atoms with E-state index >= 15 is 0 Å². The Hall–Kier alpha value is -3.54. The van der Waals surface area contributed by atoms with Crippen molar-refractivity contribution in [2.24, 2.45) is 0 Å². The smallest absolute Gasteiger partial charge is 0.435 e. The highest BCUT2D eigenvalue weighted by Gasteiger charge is 2.40. The Morgan fingerprint density at radius 2 is 1.77 bits per heavy atom. The van der Waals surface area contributed by atoms with Crippen molar-refractivity contribution in [1.29, 1.82) is 0 Å². The maximum absolute atomic E-state index is 14.4. The lowest BCUT2D eigenvalue weighted by Crippen LogP contribution is -2.39. The Labute approximate surface area is 236 Å². The number of nitrogens with zero attached hydrogens (tertiary/aromatic N) is 4. The standard InChI is InChI=1S/C27H22Cl2F3N5O3/c28-16-11-15(12-17(29)13-16)22-24(27(30,31)32)35-25-23(36-6-9-39-10-7-36)19(14-33-37(22)25)26(38)34-20-5-8-40-21-4-2-1-3-18(20)21/h1-4,11-14,20H,5-10H2,(H,34,38)/t20-/m0/s1. The van der Waals surface area contributed by atoms with Crippen LogP contribution in [0.2, 0.25) is 10.0 Å². The highest BCUT2D eigenvalue weighted by atomic mass is 35.5. The molecule has 0 spiro atoms. The van der Waals surface area contributed by atoms with Crippen LogP contribution in [0.4, 0.5) is 18.9 Å². The molecule has 4 heterocycles. The van der Waals surface area contributed by atoms with Crippen molar-refractivity contribution in [2.75, 3.05) is 37.8 Å². The number of hydrogen-bond acceptors (Lipinski definition) is 6. The Kier molecular flexibility index (Phi) is 6.97. The monoisotopic (exact) mass is 591 g/mol. The van der Waals surface area contributed by atoms with Gasteiger partial charge in [0.05, 0.1) is 43.3 Å². The van der Waals surface area contributed by atoms with E-state index in [1.54, 1.807) is 4.90 Å². The van der Waals surface area contributed by atoms with Gasteiger partial charge in [-0.05, 0) is 24.3 Å². The van der Waals surface area contributed by atoms with Crippen LogP contribution >= 0.6 is 23.2 Å². The number of para-hydroxylation sites is 1. The normalized spacial score (nSPS) is 17.4. The lowest BCUT2D eigenvalue weighted by molar-refractivity contribution is -0.140. The molecule has 208 valence electrons. The zero-order valence-corrected chi connectivity index (χ0v) is 22.4. The number of halogens is 5. The molecule has 6 rings (SSSR count). The minimum atomic E-state index is -4.83. The van der Waals surface area contributed by atoms with Crippen molar-refractivity contribution in [3.63, 3.8) is 0 Å². The summed E-state index contributed by atoms with van der Waals surface area (Å²) in [5.41, 5.74) is -0.345. The topological polar surface area (TPSA) is 81.0 Å². The molecular formula is C27H22Cl2F3N5O3. The van der Waals surface area contributed by atoms with Gasteiger partial charge in [0.15, 0.2) is 11.3 Å². The van der Waals surface area contributed by atoms with E-state index in [0.29, 0.717) is 45.1 Å². The average molecular weight is 592 g/mol. The minimum absolute atomic E-state index is 0.0915. The van der Waals surface area contributed by atoms with Crippen LogP contribution in [-0.2, 0) is 10.9 Å². The number of morpholine rings is 1. The number of ether oxygens (including phenoxy) is 2. The fourth-order valence-electron chi connectivity index (χ4n) is 5.12.